The summed E-state index contributed by atoms with van der Waals surface area (Å²) in [6.45, 7) is 5.11. The van der Waals surface area contributed by atoms with E-state index in [0.29, 0.717) is 0 Å². The molecule has 0 N–H and O–H groups in total. The molecule has 0 radical (unpaired) electrons. The molecule has 0 bridgehead atoms. The van der Waals surface area contributed by atoms with Gasteiger partial charge in [0.15, 0.2) is 0 Å². The number of hydrogen-bond donors (Lipinski definition) is 0. The van der Waals surface area contributed by atoms with E-state index in [1.165, 1.54) is 71.0 Å². The van der Waals surface area contributed by atoms with E-state index in [1.54, 1.807) is 0 Å². The quantitative estimate of drug-likeness (QED) is 0.142. The van der Waals surface area contributed by atoms with E-state index in [2.05, 4.69) is 259 Å². The molecular weight excluding hydrogens is 841 g/mol. The van der Waals surface area contributed by atoms with Crippen LogP contribution >= 0.6 is 0 Å². The zero-order chi connectivity index (χ0) is 45.3. The molecule has 0 amide bonds. The van der Waals surface area contributed by atoms with E-state index >= 15 is 0 Å². The number of para-hydroxylation sites is 3. The summed E-state index contributed by atoms with van der Waals surface area (Å²) in [7, 11) is -2.40. The Balaban J connectivity index is 1.09. The van der Waals surface area contributed by atoms with Gasteiger partial charge in [-0.05, 0) is 121 Å². The van der Waals surface area contributed by atoms with Gasteiger partial charge in [-0.2, -0.15) is 0 Å². The number of hydrogen-bond acceptors (Lipinski definition) is 3. The van der Waals surface area contributed by atoms with Gasteiger partial charge in [0.25, 0.3) is 0 Å². The van der Waals surface area contributed by atoms with E-state index in [9.17, 15) is 0 Å². The average Bonchev–Trinajstić information content (AvgIpc) is 3.88. The monoisotopic (exact) mass is 886 g/mol. The molecule has 68 heavy (non-hydrogen) atoms. The maximum atomic E-state index is 6.63. The molecule has 2 heterocycles. The Morgan fingerprint density at radius 2 is 0.794 bits per heavy atom. The van der Waals surface area contributed by atoms with E-state index in [0.717, 1.165) is 50.4 Å². The van der Waals surface area contributed by atoms with Gasteiger partial charge in [-0.1, -0.05) is 183 Å². The maximum absolute atomic E-state index is 6.63. The molecule has 0 aliphatic carbocycles. The average molecular weight is 887 g/mol. The molecule has 13 rings (SSSR count). The van der Waals surface area contributed by atoms with E-state index in [4.69, 9.17) is 4.42 Å². The predicted octanol–water partition coefficient (Wildman–Crippen LogP) is 17.0. The Kier molecular flexibility index (Phi) is 9.31. The van der Waals surface area contributed by atoms with Crippen molar-refractivity contribution >= 4 is 96.1 Å². The summed E-state index contributed by atoms with van der Waals surface area (Å²) in [5.74, 6) is 0. The highest BCUT2D eigenvalue weighted by atomic mass is 28.3. The van der Waals surface area contributed by atoms with Gasteiger partial charge in [0.1, 0.15) is 19.2 Å². The van der Waals surface area contributed by atoms with Crippen LogP contribution in [0.4, 0.5) is 34.1 Å². The van der Waals surface area contributed by atoms with Crippen LogP contribution in [-0.4, -0.2) is 8.07 Å². The molecular formula is C64H46N2OSi. The first-order chi connectivity index (χ1) is 33.5. The Morgan fingerprint density at radius 1 is 0.324 bits per heavy atom. The minimum atomic E-state index is -2.40. The largest absolute Gasteiger partial charge is 0.456 e. The van der Waals surface area contributed by atoms with Gasteiger partial charge >= 0.3 is 0 Å². The van der Waals surface area contributed by atoms with Crippen LogP contribution < -0.4 is 20.2 Å². The lowest BCUT2D eigenvalue weighted by molar-refractivity contribution is 0.669. The molecule has 3 nitrogen and oxygen atoms in total. The first kappa shape index (κ1) is 39.9. The molecule has 1 aliphatic rings. The van der Waals surface area contributed by atoms with Gasteiger partial charge in [0.2, 0.25) is 0 Å². The third-order valence-corrected chi connectivity index (χ3v) is 17.7. The summed E-state index contributed by atoms with van der Waals surface area (Å²) in [5, 5.41) is 10.2. The van der Waals surface area contributed by atoms with E-state index in [-0.39, 0.29) is 0 Å². The summed E-state index contributed by atoms with van der Waals surface area (Å²) in [6, 6.07) is 88.5. The standard InChI is InChI=1S/C64H46N2OSi/c1-68(2)62-42-59(50-29-15-17-32-54(50)63(62)57-41-58(51-30-16-18-33-55(51)64(57)68)65(45-25-11-5-12-26-45)46-27-13-6-14-28-46)66(48-36-38-53-52-31-19-20-34-60(52)67-61(53)40-48)47-35-37-49(43-21-7-3-8-22-43)56(39-47)44-23-9-4-10-24-44/h3-42H,1-2H3. The number of rotatable bonds is 8. The van der Waals surface area contributed by atoms with Gasteiger partial charge in [-0.25, -0.2) is 0 Å². The first-order valence-corrected chi connectivity index (χ1v) is 26.5. The molecule has 0 spiro atoms. The lowest BCUT2D eigenvalue weighted by Gasteiger charge is -2.30. The SMILES string of the molecule is C[Si]1(C)c2cc(N(c3ccc(-c4ccccc4)c(-c4ccccc4)c3)c3ccc4c(c3)oc3ccccc34)c3ccccc3c2-c2cc(N(c3ccccc3)c3ccccc3)c3ccccc3c21. The number of anilines is 6. The van der Waals surface area contributed by atoms with Crippen molar-refractivity contribution in [1.82, 2.24) is 0 Å². The second kappa shape index (κ2) is 15.9. The Morgan fingerprint density at radius 3 is 1.46 bits per heavy atom. The Labute approximate surface area is 397 Å². The maximum Gasteiger partial charge on any atom is 0.137 e. The van der Waals surface area contributed by atoms with Crippen molar-refractivity contribution in [3.8, 4) is 33.4 Å². The van der Waals surface area contributed by atoms with Crippen molar-refractivity contribution in [2.24, 2.45) is 0 Å². The van der Waals surface area contributed by atoms with Gasteiger partial charge in [0, 0.05) is 50.4 Å². The van der Waals surface area contributed by atoms with Crippen LogP contribution in [0.3, 0.4) is 0 Å². The van der Waals surface area contributed by atoms with Crippen LogP contribution in [0.25, 0.3) is 76.9 Å². The van der Waals surface area contributed by atoms with Crippen LogP contribution in [-0.2, 0) is 0 Å². The van der Waals surface area contributed by atoms with Crippen molar-refractivity contribution in [3.05, 3.63) is 243 Å². The van der Waals surface area contributed by atoms with Crippen molar-refractivity contribution in [2.45, 2.75) is 13.1 Å². The van der Waals surface area contributed by atoms with Crippen LogP contribution in [0, 0.1) is 0 Å². The molecule has 322 valence electrons. The third kappa shape index (κ3) is 6.33. The highest BCUT2D eigenvalue weighted by Crippen LogP contribution is 2.49. The lowest BCUT2D eigenvalue weighted by atomic mass is 9.92. The van der Waals surface area contributed by atoms with Crippen LogP contribution in [0.1, 0.15) is 0 Å². The molecule has 0 saturated carbocycles. The van der Waals surface area contributed by atoms with E-state index < -0.39 is 8.07 Å². The van der Waals surface area contributed by atoms with Crippen molar-refractivity contribution in [1.29, 1.82) is 0 Å². The van der Waals surface area contributed by atoms with Crippen molar-refractivity contribution in [3.63, 3.8) is 0 Å². The van der Waals surface area contributed by atoms with Crippen LogP contribution in [0.5, 0.6) is 0 Å². The lowest BCUT2D eigenvalue weighted by Crippen LogP contribution is -2.49. The fraction of sp³-hybridized carbons (Fsp3) is 0.0312. The minimum Gasteiger partial charge on any atom is -0.456 e. The van der Waals surface area contributed by atoms with Crippen molar-refractivity contribution in [2.75, 3.05) is 9.80 Å². The smallest absolute Gasteiger partial charge is 0.137 e. The highest BCUT2D eigenvalue weighted by molar-refractivity contribution is 7.05. The zero-order valence-corrected chi connectivity index (χ0v) is 38.9. The Hall–Kier alpha value is -8.44. The third-order valence-electron chi connectivity index (χ3n) is 14.2. The number of nitrogens with zero attached hydrogens (tertiary/aromatic N) is 2. The second-order valence-corrected chi connectivity index (χ2v) is 22.7. The number of furan rings is 1. The molecule has 11 aromatic carbocycles. The first-order valence-electron chi connectivity index (χ1n) is 23.5. The number of benzene rings is 11. The van der Waals surface area contributed by atoms with Gasteiger partial charge in [-0.3, -0.25) is 0 Å². The molecule has 0 fully saturated rings. The molecule has 0 saturated heterocycles. The second-order valence-electron chi connectivity index (χ2n) is 18.4. The van der Waals surface area contributed by atoms with Gasteiger partial charge < -0.3 is 14.2 Å². The van der Waals surface area contributed by atoms with Crippen LogP contribution in [0.15, 0.2) is 247 Å². The fourth-order valence-corrected chi connectivity index (χ4v) is 14.6. The highest BCUT2D eigenvalue weighted by Gasteiger charge is 2.42. The molecule has 1 aromatic heterocycles. The summed E-state index contributed by atoms with van der Waals surface area (Å²) in [6.07, 6.45) is 0. The van der Waals surface area contributed by atoms with Gasteiger partial charge in [0.05, 0.1) is 11.4 Å². The predicted molar refractivity (Wildman–Crippen MR) is 291 cm³/mol. The zero-order valence-electron chi connectivity index (χ0n) is 37.9. The summed E-state index contributed by atoms with van der Waals surface area (Å²) in [4.78, 5) is 4.92. The van der Waals surface area contributed by atoms with Gasteiger partial charge in [-0.15, -0.1) is 0 Å². The molecule has 0 atom stereocenters. The summed E-state index contributed by atoms with van der Waals surface area (Å²) >= 11 is 0. The fourth-order valence-electron chi connectivity index (χ4n) is 11.1. The minimum absolute atomic E-state index is 0.867. The summed E-state index contributed by atoms with van der Waals surface area (Å²) < 4.78 is 6.63. The Bertz CT molecular complexity index is 3840. The normalized spacial score (nSPS) is 12.7. The summed E-state index contributed by atoms with van der Waals surface area (Å²) in [5.41, 5.74) is 15.9. The van der Waals surface area contributed by atoms with E-state index in [1.807, 2.05) is 6.07 Å². The molecule has 12 aromatic rings. The molecule has 0 unspecified atom stereocenters. The van der Waals surface area contributed by atoms with Crippen LogP contribution in [0.2, 0.25) is 13.1 Å². The number of fused-ring (bicyclic) bond motifs is 10. The molecule has 1 aliphatic heterocycles. The topological polar surface area (TPSA) is 19.6 Å². The van der Waals surface area contributed by atoms with Crippen molar-refractivity contribution < 1.29 is 4.42 Å². The molecule has 4 heteroatoms.